The molecule has 2 N–H and O–H groups in total. The van der Waals surface area contributed by atoms with Gasteiger partial charge < -0.3 is 10.1 Å². The van der Waals surface area contributed by atoms with E-state index < -0.39 is 5.54 Å². The number of amides is 1. The van der Waals surface area contributed by atoms with Crippen LogP contribution in [0.1, 0.15) is 57.6 Å². The monoisotopic (exact) mass is 382 g/mol. The second-order valence-corrected chi connectivity index (χ2v) is 7.57. The molecular weight excluding hydrogens is 352 g/mol. The van der Waals surface area contributed by atoms with Crippen LogP contribution in [0.25, 0.3) is 10.8 Å². The molecule has 0 radical (unpaired) electrons. The zero-order chi connectivity index (χ0) is 20.0. The van der Waals surface area contributed by atoms with Crippen molar-refractivity contribution in [2.75, 3.05) is 13.2 Å². The summed E-state index contributed by atoms with van der Waals surface area (Å²) in [6, 6.07) is 14.2. The first-order valence-electron chi connectivity index (χ1n) is 10.2. The number of ether oxygens (including phenoxy) is 1. The predicted molar refractivity (Wildman–Crippen MR) is 111 cm³/mol. The molecule has 0 aliphatic heterocycles. The Kier molecular flexibility index (Phi) is 6.68. The van der Waals surface area contributed by atoms with Gasteiger partial charge in [-0.05, 0) is 43.0 Å². The van der Waals surface area contributed by atoms with Crippen LogP contribution in [0.4, 0.5) is 0 Å². The SMILES string of the molecule is CCOC(=O)C1(NCC(=O)NC(C)c2cccc3ccccc23)CCCCC1. The van der Waals surface area contributed by atoms with Crippen LogP contribution in [0, 0.1) is 0 Å². The number of benzene rings is 2. The molecule has 1 amide bonds. The summed E-state index contributed by atoms with van der Waals surface area (Å²) in [5, 5.41) is 8.58. The zero-order valence-corrected chi connectivity index (χ0v) is 16.8. The topological polar surface area (TPSA) is 67.4 Å². The van der Waals surface area contributed by atoms with Crippen LogP contribution in [0.2, 0.25) is 0 Å². The highest BCUT2D eigenvalue weighted by Crippen LogP contribution is 2.29. The number of fused-ring (bicyclic) bond motifs is 1. The van der Waals surface area contributed by atoms with Gasteiger partial charge in [0.05, 0.1) is 19.2 Å². The van der Waals surface area contributed by atoms with Gasteiger partial charge in [0.1, 0.15) is 5.54 Å². The van der Waals surface area contributed by atoms with Crippen LogP contribution in [0.3, 0.4) is 0 Å². The summed E-state index contributed by atoms with van der Waals surface area (Å²) in [6.45, 7) is 4.26. The van der Waals surface area contributed by atoms with Gasteiger partial charge >= 0.3 is 5.97 Å². The van der Waals surface area contributed by atoms with Gasteiger partial charge in [-0.15, -0.1) is 0 Å². The van der Waals surface area contributed by atoms with Crippen molar-refractivity contribution in [2.45, 2.75) is 57.5 Å². The van der Waals surface area contributed by atoms with Gasteiger partial charge in [0.15, 0.2) is 0 Å². The van der Waals surface area contributed by atoms with Crippen LogP contribution < -0.4 is 10.6 Å². The second kappa shape index (κ2) is 9.20. The lowest BCUT2D eigenvalue weighted by Crippen LogP contribution is -2.56. The first-order chi connectivity index (χ1) is 13.6. The average Bonchev–Trinajstić information content (AvgIpc) is 2.72. The van der Waals surface area contributed by atoms with Crippen LogP contribution in [0.15, 0.2) is 42.5 Å². The highest BCUT2D eigenvalue weighted by atomic mass is 16.5. The molecule has 0 bridgehead atoms. The Morgan fingerprint density at radius 2 is 1.79 bits per heavy atom. The summed E-state index contributed by atoms with van der Waals surface area (Å²) in [6.07, 6.45) is 4.50. The van der Waals surface area contributed by atoms with E-state index in [0.717, 1.165) is 48.4 Å². The first kappa shape index (κ1) is 20.3. The fraction of sp³-hybridized carbons (Fsp3) is 0.478. The van der Waals surface area contributed by atoms with E-state index in [4.69, 9.17) is 4.74 Å². The van der Waals surface area contributed by atoms with E-state index in [1.54, 1.807) is 0 Å². The molecule has 5 heteroatoms. The molecule has 3 rings (SSSR count). The van der Waals surface area contributed by atoms with E-state index >= 15 is 0 Å². The van der Waals surface area contributed by atoms with Crippen molar-refractivity contribution in [1.29, 1.82) is 0 Å². The lowest BCUT2D eigenvalue weighted by molar-refractivity contribution is -0.153. The Balaban J connectivity index is 1.64. The van der Waals surface area contributed by atoms with E-state index in [1.165, 1.54) is 0 Å². The molecule has 0 saturated heterocycles. The molecule has 28 heavy (non-hydrogen) atoms. The fourth-order valence-electron chi connectivity index (χ4n) is 4.13. The summed E-state index contributed by atoms with van der Waals surface area (Å²) in [5.74, 6) is -0.348. The third-order valence-corrected chi connectivity index (χ3v) is 5.63. The lowest BCUT2D eigenvalue weighted by atomic mass is 9.81. The van der Waals surface area contributed by atoms with Gasteiger partial charge in [-0.25, -0.2) is 0 Å². The average molecular weight is 383 g/mol. The number of hydrogen-bond donors (Lipinski definition) is 2. The van der Waals surface area contributed by atoms with Gasteiger partial charge in [0, 0.05) is 0 Å². The number of hydrogen-bond acceptors (Lipinski definition) is 4. The molecule has 1 unspecified atom stereocenters. The molecule has 5 nitrogen and oxygen atoms in total. The van der Waals surface area contributed by atoms with Crippen molar-refractivity contribution in [3.05, 3.63) is 48.0 Å². The van der Waals surface area contributed by atoms with Crippen LogP contribution >= 0.6 is 0 Å². The van der Waals surface area contributed by atoms with Crippen LogP contribution in [0.5, 0.6) is 0 Å². The number of carbonyl (C=O) groups excluding carboxylic acids is 2. The zero-order valence-electron chi connectivity index (χ0n) is 16.8. The molecule has 1 saturated carbocycles. The minimum absolute atomic E-state index is 0.105. The summed E-state index contributed by atoms with van der Waals surface area (Å²) < 4.78 is 5.28. The maximum Gasteiger partial charge on any atom is 0.326 e. The fourth-order valence-corrected chi connectivity index (χ4v) is 4.13. The standard InChI is InChI=1S/C23H30N2O3/c1-3-28-22(27)23(14-7-4-8-15-23)24-16-21(26)25-17(2)19-13-9-11-18-10-5-6-12-20(18)19/h5-6,9-13,17,24H,3-4,7-8,14-16H2,1-2H3,(H,25,26). The van der Waals surface area contributed by atoms with Crippen molar-refractivity contribution in [1.82, 2.24) is 10.6 Å². The molecule has 0 spiro atoms. The number of rotatable bonds is 7. The van der Waals surface area contributed by atoms with Gasteiger partial charge in [-0.3, -0.25) is 14.9 Å². The van der Waals surface area contributed by atoms with Crippen molar-refractivity contribution in [3.8, 4) is 0 Å². The molecule has 0 aromatic heterocycles. The smallest absolute Gasteiger partial charge is 0.326 e. The Hall–Kier alpha value is -2.40. The number of nitrogens with one attached hydrogen (secondary N) is 2. The van der Waals surface area contributed by atoms with E-state index in [0.29, 0.717) is 6.61 Å². The predicted octanol–water partition coefficient (Wildman–Crippen LogP) is 3.87. The largest absolute Gasteiger partial charge is 0.465 e. The number of carbonyl (C=O) groups is 2. The highest BCUT2D eigenvalue weighted by molar-refractivity contribution is 5.87. The van der Waals surface area contributed by atoms with Crippen molar-refractivity contribution < 1.29 is 14.3 Å². The third-order valence-electron chi connectivity index (χ3n) is 5.63. The maximum absolute atomic E-state index is 12.6. The molecule has 2 aromatic rings. The molecule has 0 heterocycles. The normalized spacial score (nSPS) is 17.1. The minimum atomic E-state index is -0.728. The Bertz CT molecular complexity index is 822. The van der Waals surface area contributed by atoms with Gasteiger partial charge in [-0.2, -0.15) is 0 Å². The van der Waals surface area contributed by atoms with E-state index in [2.05, 4.69) is 28.8 Å². The first-order valence-corrected chi connectivity index (χ1v) is 10.2. The molecule has 150 valence electrons. The number of esters is 1. The van der Waals surface area contributed by atoms with E-state index in [1.807, 2.05) is 38.1 Å². The van der Waals surface area contributed by atoms with Crippen molar-refractivity contribution in [2.24, 2.45) is 0 Å². The Morgan fingerprint density at radius 1 is 1.07 bits per heavy atom. The molecule has 1 aliphatic rings. The molecule has 2 aromatic carbocycles. The summed E-state index contributed by atoms with van der Waals surface area (Å²) in [7, 11) is 0. The Morgan fingerprint density at radius 3 is 2.54 bits per heavy atom. The van der Waals surface area contributed by atoms with Gasteiger partial charge in [0.2, 0.25) is 5.91 Å². The summed E-state index contributed by atoms with van der Waals surface area (Å²) in [5.41, 5.74) is 0.359. The van der Waals surface area contributed by atoms with Crippen LogP contribution in [-0.2, 0) is 14.3 Å². The Labute approximate surface area is 166 Å². The maximum atomic E-state index is 12.6. The van der Waals surface area contributed by atoms with Crippen molar-refractivity contribution >= 4 is 22.6 Å². The summed E-state index contributed by atoms with van der Waals surface area (Å²) >= 11 is 0. The molecule has 1 fully saturated rings. The highest BCUT2D eigenvalue weighted by Gasteiger charge is 2.40. The second-order valence-electron chi connectivity index (χ2n) is 7.57. The van der Waals surface area contributed by atoms with E-state index in [-0.39, 0.29) is 24.5 Å². The van der Waals surface area contributed by atoms with E-state index in [9.17, 15) is 9.59 Å². The van der Waals surface area contributed by atoms with Crippen LogP contribution in [-0.4, -0.2) is 30.6 Å². The van der Waals surface area contributed by atoms with Gasteiger partial charge in [-0.1, -0.05) is 61.7 Å². The molecular formula is C23H30N2O3. The summed E-state index contributed by atoms with van der Waals surface area (Å²) in [4.78, 5) is 25.1. The third kappa shape index (κ3) is 4.53. The quantitative estimate of drug-likeness (QED) is 0.714. The lowest BCUT2D eigenvalue weighted by Gasteiger charge is -2.35. The molecule has 1 aliphatic carbocycles. The minimum Gasteiger partial charge on any atom is -0.465 e. The molecule has 1 atom stereocenters. The van der Waals surface area contributed by atoms with Crippen molar-refractivity contribution in [3.63, 3.8) is 0 Å². The van der Waals surface area contributed by atoms with Gasteiger partial charge in [0.25, 0.3) is 0 Å².